The zero-order valence-corrected chi connectivity index (χ0v) is 14.2. The normalized spacial score (nSPS) is 19.5. The molecule has 0 unspecified atom stereocenters. The molecule has 0 radical (unpaired) electrons. The summed E-state index contributed by atoms with van der Waals surface area (Å²) in [6.07, 6.45) is 4.04. The van der Waals surface area contributed by atoms with Gasteiger partial charge in [0.05, 0.1) is 18.8 Å². The van der Waals surface area contributed by atoms with Gasteiger partial charge >= 0.3 is 0 Å². The fourth-order valence-corrected chi connectivity index (χ4v) is 4.15. The minimum absolute atomic E-state index is 0.0207. The number of sulfonamides is 1. The molecule has 10 heteroatoms. The Hall–Kier alpha value is -1.78. The van der Waals surface area contributed by atoms with Gasteiger partial charge in [-0.1, -0.05) is 5.21 Å². The number of hydrogen-bond acceptors (Lipinski definition) is 6. The van der Waals surface area contributed by atoms with E-state index in [0.717, 1.165) is 5.69 Å². The highest BCUT2D eigenvalue weighted by Gasteiger charge is 2.35. The van der Waals surface area contributed by atoms with Crippen LogP contribution in [0.4, 0.5) is 0 Å². The lowest BCUT2D eigenvalue weighted by molar-refractivity contribution is 0.181. The van der Waals surface area contributed by atoms with Crippen LogP contribution >= 0.6 is 0 Å². The van der Waals surface area contributed by atoms with Gasteiger partial charge in [-0.3, -0.25) is 0 Å². The molecule has 2 aromatic heterocycles. The highest BCUT2D eigenvalue weighted by molar-refractivity contribution is 7.89. The summed E-state index contributed by atoms with van der Waals surface area (Å²) in [7, 11) is -0.196. The smallest absolute Gasteiger partial charge is 0.262 e. The minimum atomic E-state index is -3.57. The Kier molecular flexibility index (Phi) is 4.21. The summed E-state index contributed by atoms with van der Waals surface area (Å²) in [4.78, 5) is 4.13. The van der Waals surface area contributed by atoms with Crippen LogP contribution in [0.15, 0.2) is 17.4 Å². The molecule has 0 saturated carbocycles. The SMILES string of the molecule is COCc1cn([C@H]2CCN(S(=O)(=O)c3cn(C)c(C)n3)C2)nn1. The van der Waals surface area contributed by atoms with E-state index in [-0.39, 0.29) is 11.1 Å². The van der Waals surface area contributed by atoms with Crippen molar-refractivity contribution in [2.75, 3.05) is 20.2 Å². The van der Waals surface area contributed by atoms with E-state index in [0.29, 0.717) is 31.9 Å². The van der Waals surface area contributed by atoms with Crippen molar-refractivity contribution in [3.05, 3.63) is 23.9 Å². The van der Waals surface area contributed by atoms with Gasteiger partial charge in [-0.05, 0) is 13.3 Å². The van der Waals surface area contributed by atoms with Crippen molar-refractivity contribution in [2.45, 2.75) is 31.0 Å². The topological polar surface area (TPSA) is 95.1 Å². The van der Waals surface area contributed by atoms with Crippen molar-refractivity contribution in [3.63, 3.8) is 0 Å². The summed E-state index contributed by atoms with van der Waals surface area (Å²) in [6.45, 7) is 2.98. The summed E-state index contributed by atoms with van der Waals surface area (Å²) in [5, 5.41) is 8.18. The van der Waals surface area contributed by atoms with Crippen molar-refractivity contribution in [1.29, 1.82) is 0 Å². The van der Waals surface area contributed by atoms with Crippen LogP contribution in [-0.2, 0) is 28.4 Å². The van der Waals surface area contributed by atoms with Crippen molar-refractivity contribution in [2.24, 2.45) is 7.05 Å². The molecule has 1 atom stereocenters. The third-order valence-corrected chi connectivity index (χ3v) is 5.78. The number of aryl methyl sites for hydroxylation is 2. The fraction of sp³-hybridized carbons (Fsp3) is 0.615. The Balaban J connectivity index is 1.75. The van der Waals surface area contributed by atoms with E-state index in [2.05, 4.69) is 15.3 Å². The molecular weight excluding hydrogens is 320 g/mol. The van der Waals surface area contributed by atoms with Crippen LogP contribution < -0.4 is 0 Å². The Morgan fingerprint density at radius 3 is 2.83 bits per heavy atom. The molecule has 0 N–H and O–H groups in total. The zero-order valence-electron chi connectivity index (χ0n) is 13.4. The van der Waals surface area contributed by atoms with Crippen molar-refractivity contribution < 1.29 is 13.2 Å². The summed E-state index contributed by atoms with van der Waals surface area (Å²) in [5.41, 5.74) is 0.731. The van der Waals surface area contributed by atoms with Gasteiger partial charge < -0.3 is 9.30 Å². The molecule has 0 bridgehead atoms. The number of ether oxygens (including phenoxy) is 1. The van der Waals surface area contributed by atoms with Gasteiger partial charge in [0.1, 0.15) is 11.5 Å². The van der Waals surface area contributed by atoms with Crippen LogP contribution in [0.2, 0.25) is 0 Å². The van der Waals surface area contributed by atoms with E-state index in [1.54, 1.807) is 42.7 Å². The number of aromatic nitrogens is 5. The number of hydrogen-bond donors (Lipinski definition) is 0. The largest absolute Gasteiger partial charge is 0.378 e. The number of nitrogens with zero attached hydrogens (tertiary/aromatic N) is 6. The van der Waals surface area contributed by atoms with Gasteiger partial charge in [0.15, 0.2) is 5.03 Å². The van der Waals surface area contributed by atoms with Crippen LogP contribution in [0, 0.1) is 6.92 Å². The fourth-order valence-electron chi connectivity index (χ4n) is 2.63. The van der Waals surface area contributed by atoms with Crippen LogP contribution in [0.1, 0.15) is 24.0 Å². The van der Waals surface area contributed by atoms with E-state index in [1.807, 2.05) is 0 Å². The first kappa shape index (κ1) is 16.1. The standard InChI is InChI=1S/C13H20N6O3S/c1-10-14-13(8-17(10)2)23(20,21)18-5-4-12(7-18)19-6-11(9-22-3)15-16-19/h6,8,12H,4-5,7,9H2,1-3H3/t12-/m0/s1. The average Bonchev–Trinajstić information content (AvgIpc) is 3.20. The molecule has 1 aliphatic rings. The zero-order chi connectivity index (χ0) is 16.6. The predicted molar refractivity (Wildman–Crippen MR) is 81.1 cm³/mol. The molecular formula is C13H20N6O3S. The van der Waals surface area contributed by atoms with Crippen LogP contribution in [0.5, 0.6) is 0 Å². The van der Waals surface area contributed by atoms with Gasteiger partial charge in [0, 0.05) is 33.4 Å². The molecule has 126 valence electrons. The quantitative estimate of drug-likeness (QED) is 0.766. The highest BCUT2D eigenvalue weighted by Crippen LogP contribution is 2.26. The third kappa shape index (κ3) is 3.01. The Bertz CT molecular complexity index is 777. The molecule has 1 aliphatic heterocycles. The average molecular weight is 340 g/mol. The van der Waals surface area contributed by atoms with E-state index < -0.39 is 10.0 Å². The predicted octanol–water partition coefficient (Wildman–Crippen LogP) is 0.102. The Morgan fingerprint density at radius 1 is 1.39 bits per heavy atom. The van der Waals surface area contributed by atoms with Gasteiger partial charge in [-0.15, -0.1) is 5.10 Å². The van der Waals surface area contributed by atoms with Gasteiger partial charge in [0.2, 0.25) is 0 Å². The lowest BCUT2D eigenvalue weighted by Gasteiger charge is -2.14. The maximum absolute atomic E-state index is 12.7. The maximum Gasteiger partial charge on any atom is 0.262 e. The van der Waals surface area contributed by atoms with Gasteiger partial charge in [-0.25, -0.2) is 18.1 Å². The van der Waals surface area contributed by atoms with Crippen LogP contribution in [0.3, 0.4) is 0 Å². The van der Waals surface area contributed by atoms with E-state index in [4.69, 9.17) is 4.74 Å². The minimum Gasteiger partial charge on any atom is -0.378 e. The molecule has 1 fully saturated rings. The third-order valence-electron chi connectivity index (χ3n) is 4.04. The van der Waals surface area contributed by atoms with Crippen molar-refractivity contribution in [3.8, 4) is 0 Å². The second-order valence-corrected chi connectivity index (χ2v) is 7.55. The van der Waals surface area contributed by atoms with E-state index in [1.165, 1.54) is 4.31 Å². The first-order chi connectivity index (χ1) is 10.9. The molecule has 0 aromatic carbocycles. The van der Waals surface area contributed by atoms with E-state index in [9.17, 15) is 8.42 Å². The first-order valence-electron chi connectivity index (χ1n) is 7.31. The Morgan fingerprint density at radius 2 is 2.17 bits per heavy atom. The Labute approximate surface area is 134 Å². The summed E-state index contributed by atoms with van der Waals surface area (Å²) in [6, 6.07) is -0.0207. The molecule has 9 nitrogen and oxygen atoms in total. The van der Waals surface area contributed by atoms with E-state index >= 15 is 0 Å². The highest BCUT2D eigenvalue weighted by atomic mass is 32.2. The molecule has 2 aromatic rings. The second-order valence-electron chi connectivity index (χ2n) is 5.67. The number of imidazole rings is 1. The number of methoxy groups -OCH3 is 1. The van der Waals surface area contributed by atoms with Crippen molar-refractivity contribution in [1.82, 2.24) is 28.9 Å². The molecule has 0 spiro atoms. The van der Waals surface area contributed by atoms with Gasteiger partial charge in [-0.2, -0.15) is 4.31 Å². The lowest BCUT2D eigenvalue weighted by Crippen LogP contribution is -2.29. The number of rotatable bonds is 5. The molecule has 3 heterocycles. The maximum atomic E-state index is 12.7. The molecule has 3 rings (SSSR count). The monoisotopic (exact) mass is 340 g/mol. The summed E-state index contributed by atoms with van der Waals surface area (Å²) in [5.74, 6) is 0.666. The molecule has 1 saturated heterocycles. The summed E-state index contributed by atoms with van der Waals surface area (Å²) >= 11 is 0. The lowest BCUT2D eigenvalue weighted by atomic mass is 10.3. The summed E-state index contributed by atoms with van der Waals surface area (Å²) < 4.78 is 35.2. The van der Waals surface area contributed by atoms with Crippen molar-refractivity contribution >= 4 is 10.0 Å². The molecule has 0 amide bonds. The molecule has 0 aliphatic carbocycles. The first-order valence-corrected chi connectivity index (χ1v) is 8.75. The van der Waals surface area contributed by atoms with Crippen LogP contribution in [0.25, 0.3) is 0 Å². The van der Waals surface area contributed by atoms with Gasteiger partial charge in [0.25, 0.3) is 10.0 Å². The van der Waals surface area contributed by atoms with Crippen LogP contribution in [-0.4, -0.2) is 57.5 Å². The second kappa shape index (κ2) is 6.02. The molecule has 23 heavy (non-hydrogen) atoms.